The lowest BCUT2D eigenvalue weighted by Gasteiger charge is -2.14. The zero-order chi connectivity index (χ0) is 46.8. The van der Waals surface area contributed by atoms with Gasteiger partial charge in [0.1, 0.15) is 11.5 Å². The van der Waals surface area contributed by atoms with Gasteiger partial charge in [-0.05, 0) is 77.7 Å². The van der Waals surface area contributed by atoms with Crippen LogP contribution in [0.5, 0.6) is 40.4 Å². The zero-order valence-electron chi connectivity index (χ0n) is 37.0. The highest BCUT2D eigenvalue weighted by atomic mass is 16.7. The molecule has 0 aliphatic carbocycles. The number of aromatic nitrogens is 4. The van der Waals surface area contributed by atoms with Crippen LogP contribution in [0, 0.1) is 0 Å². The lowest BCUT2D eigenvalue weighted by Crippen LogP contribution is -2.15. The number of aliphatic carboxylic acids is 2. The number of hydrogen-bond donors (Lipinski definition) is 4. The van der Waals surface area contributed by atoms with Crippen molar-refractivity contribution in [2.45, 2.75) is 69.7 Å². The standard InChI is InChI=1S/2C24H25N3O7/c28-22-13-18(10-16(12-23(29)30)15-2-4-19-21(11-15)33-14-32-19)34-27(22)8-6-17-3-5-20-24(26-17)25-7-1-9-31-20;28-23(29)12-16(15-2-4-19-21(11-15)33-14-32-19)10-18-13-22(27-34-18)31-9-6-17-3-5-20-24(26-17)25-7-1-8-30-20/h2-5,11,13,16H,1,6-10,12,14H2,(H,25,26)(H,29,30);2-5,11,13,16H,1,6-10,12,14H2,(H,25,26)(H,28,29). The van der Waals surface area contributed by atoms with E-state index < -0.39 is 11.9 Å². The van der Waals surface area contributed by atoms with Crippen LogP contribution in [0.4, 0.5) is 11.6 Å². The fraction of sp³-hybridized carbons (Fsp3) is 0.375. The first-order chi connectivity index (χ1) is 33.2. The maximum Gasteiger partial charge on any atom is 0.303 e. The molecule has 0 fully saturated rings. The third-order valence-corrected chi connectivity index (χ3v) is 11.5. The van der Waals surface area contributed by atoms with Gasteiger partial charge in [-0.1, -0.05) is 12.1 Å². The lowest BCUT2D eigenvalue weighted by molar-refractivity contribution is -0.138. The van der Waals surface area contributed by atoms with Crippen molar-refractivity contribution >= 4 is 23.6 Å². The van der Waals surface area contributed by atoms with Gasteiger partial charge >= 0.3 is 11.9 Å². The van der Waals surface area contributed by atoms with Crippen molar-refractivity contribution in [1.82, 2.24) is 19.9 Å². The quantitative estimate of drug-likeness (QED) is 0.0792. The first kappa shape index (κ1) is 45.3. The number of carbonyl (C=O) groups is 2. The van der Waals surface area contributed by atoms with Crippen LogP contribution in [-0.4, -0.2) is 88.5 Å². The number of aryl methyl sites for hydroxylation is 2. The van der Waals surface area contributed by atoms with Gasteiger partial charge in [0.25, 0.3) is 11.4 Å². The summed E-state index contributed by atoms with van der Waals surface area (Å²) in [7, 11) is 0. The van der Waals surface area contributed by atoms with E-state index in [4.69, 9.17) is 42.2 Å². The largest absolute Gasteiger partial charge is 0.490 e. The molecule has 0 amide bonds. The Morgan fingerprint density at radius 2 is 1.19 bits per heavy atom. The normalized spacial score (nSPS) is 15.0. The molecule has 0 saturated heterocycles. The number of fused-ring (bicyclic) bond motifs is 4. The van der Waals surface area contributed by atoms with E-state index in [1.807, 2.05) is 42.5 Å². The summed E-state index contributed by atoms with van der Waals surface area (Å²) < 4.78 is 51.1. The molecule has 356 valence electrons. The maximum absolute atomic E-state index is 12.5. The molecule has 4 aliphatic heterocycles. The molecule has 4 aliphatic rings. The third kappa shape index (κ3) is 11.5. The minimum absolute atomic E-state index is 0.0573. The van der Waals surface area contributed by atoms with E-state index in [2.05, 4.69) is 25.8 Å². The van der Waals surface area contributed by atoms with Crippen molar-refractivity contribution in [2.24, 2.45) is 0 Å². The fourth-order valence-corrected chi connectivity index (χ4v) is 8.13. The summed E-state index contributed by atoms with van der Waals surface area (Å²) in [6.45, 7) is 3.96. The van der Waals surface area contributed by atoms with Gasteiger partial charge in [0.15, 0.2) is 46.1 Å². The predicted molar refractivity (Wildman–Crippen MR) is 241 cm³/mol. The molecule has 0 spiro atoms. The molecule has 4 aromatic heterocycles. The molecular weight excluding hydrogens is 885 g/mol. The molecule has 20 heteroatoms. The average Bonchev–Trinajstić information content (AvgIpc) is 4.11. The zero-order valence-corrected chi connectivity index (χ0v) is 37.0. The number of nitrogens with one attached hydrogen (secondary N) is 2. The van der Waals surface area contributed by atoms with Gasteiger partial charge in [0.2, 0.25) is 13.6 Å². The molecule has 2 unspecified atom stereocenters. The Bertz CT molecular complexity index is 2790. The van der Waals surface area contributed by atoms with Gasteiger partial charge in [0.05, 0.1) is 39.2 Å². The molecule has 10 rings (SSSR count). The monoisotopic (exact) mass is 934 g/mol. The highest BCUT2D eigenvalue weighted by Crippen LogP contribution is 2.38. The first-order valence-electron chi connectivity index (χ1n) is 22.4. The van der Waals surface area contributed by atoms with E-state index >= 15 is 0 Å². The summed E-state index contributed by atoms with van der Waals surface area (Å²) in [5.41, 5.74) is 3.03. The van der Waals surface area contributed by atoms with Crippen molar-refractivity contribution in [3.05, 3.63) is 117 Å². The van der Waals surface area contributed by atoms with Crippen molar-refractivity contribution in [2.75, 3.05) is 57.1 Å². The summed E-state index contributed by atoms with van der Waals surface area (Å²) in [6.07, 6.45) is 3.41. The Hall–Kier alpha value is -7.90. The predicted octanol–water partition coefficient (Wildman–Crippen LogP) is 6.22. The number of nitrogens with zero attached hydrogens (tertiary/aromatic N) is 4. The highest BCUT2D eigenvalue weighted by molar-refractivity contribution is 5.69. The number of hydrogen-bond acceptors (Lipinski definition) is 17. The second-order valence-corrected chi connectivity index (χ2v) is 16.4. The van der Waals surface area contributed by atoms with Crippen LogP contribution >= 0.6 is 0 Å². The van der Waals surface area contributed by atoms with Crippen molar-refractivity contribution in [3.63, 3.8) is 0 Å². The summed E-state index contributed by atoms with van der Waals surface area (Å²) in [6, 6.07) is 21.5. The SMILES string of the molecule is O=C(O)CC(Cc1cc(=O)n(CCc2ccc3c(n2)NCCCO3)o1)c1ccc2c(c1)OCO2.O=C(O)CC(Cc1cc(OCCc2ccc3c(n2)NCCCO3)no1)c1ccc2c(c1)OCO2. The summed E-state index contributed by atoms with van der Waals surface area (Å²) in [5, 5.41) is 29.3. The highest BCUT2D eigenvalue weighted by Gasteiger charge is 2.25. The van der Waals surface area contributed by atoms with Crippen LogP contribution in [0.3, 0.4) is 0 Å². The van der Waals surface area contributed by atoms with Gasteiger partial charge in [-0.15, -0.1) is 0 Å². The molecule has 68 heavy (non-hydrogen) atoms. The number of rotatable bonds is 17. The van der Waals surface area contributed by atoms with Gasteiger partial charge in [-0.2, -0.15) is 4.74 Å². The van der Waals surface area contributed by atoms with Crippen LogP contribution in [0.15, 0.2) is 86.6 Å². The van der Waals surface area contributed by atoms with Crippen molar-refractivity contribution in [1.29, 1.82) is 0 Å². The number of benzene rings is 2. The first-order valence-corrected chi connectivity index (χ1v) is 22.4. The smallest absolute Gasteiger partial charge is 0.303 e. The molecule has 0 saturated carbocycles. The number of pyridine rings is 2. The second-order valence-electron chi connectivity index (χ2n) is 16.4. The molecule has 4 N–H and O–H groups in total. The molecule has 6 aromatic rings. The molecule has 2 atom stereocenters. The lowest BCUT2D eigenvalue weighted by atomic mass is 9.91. The number of carboxylic acids is 2. The Morgan fingerprint density at radius 3 is 1.78 bits per heavy atom. The van der Waals surface area contributed by atoms with Crippen molar-refractivity contribution < 1.29 is 62.0 Å². The van der Waals surface area contributed by atoms with Crippen LogP contribution < -0.4 is 49.4 Å². The summed E-state index contributed by atoms with van der Waals surface area (Å²) in [4.78, 5) is 44.6. The molecule has 20 nitrogen and oxygen atoms in total. The Balaban J connectivity index is 0.000000170. The fourth-order valence-electron chi connectivity index (χ4n) is 8.13. The Kier molecular flexibility index (Phi) is 14.1. The molecule has 8 heterocycles. The van der Waals surface area contributed by atoms with E-state index in [1.165, 1.54) is 10.8 Å². The van der Waals surface area contributed by atoms with E-state index in [1.54, 1.807) is 24.3 Å². The van der Waals surface area contributed by atoms with Gasteiger partial charge in [-0.3, -0.25) is 14.4 Å². The van der Waals surface area contributed by atoms with Crippen LogP contribution in [0.1, 0.15) is 71.6 Å². The molecule has 0 radical (unpaired) electrons. The second kappa shape index (κ2) is 21.2. The number of carboxylic acid groups (broad SMARTS) is 2. The van der Waals surface area contributed by atoms with Crippen LogP contribution in [-0.2, 0) is 41.8 Å². The van der Waals surface area contributed by atoms with Gasteiger partial charge < -0.3 is 63.1 Å². The third-order valence-electron chi connectivity index (χ3n) is 11.5. The van der Waals surface area contributed by atoms with Crippen molar-refractivity contribution in [3.8, 4) is 40.4 Å². The number of ether oxygens (including phenoxy) is 7. The Labute approximate surface area is 389 Å². The minimum atomic E-state index is -0.934. The summed E-state index contributed by atoms with van der Waals surface area (Å²) >= 11 is 0. The average molecular weight is 935 g/mol. The van der Waals surface area contributed by atoms with Crippen LogP contribution in [0.25, 0.3) is 0 Å². The molecule has 2 aromatic carbocycles. The van der Waals surface area contributed by atoms with Gasteiger partial charge in [-0.25, -0.2) is 9.97 Å². The summed E-state index contributed by atoms with van der Waals surface area (Å²) in [5.74, 6) is 4.24. The topological polar surface area (TPSA) is 250 Å². The maximum atomic E-state index is 12.5. The van der Waals surface area contributed by atoms with E-state index in [0.29, 0.717) is 91.8 Å². The Morgan fingerprint density at radius 1 is 0.647 bits per heavy atom. The van der Waals surface area contributed by atoms with E-state index in [9.17, 15) is 24.6 Å². The minimum Gasteiger partial charge on any atom is -0.490 e. The van der Waals surface area contributed by atoms with Gasteiger partial charge in [0, 0.05) is 74.1 Å². The van der Waals surface area contributed by atoms with E-state index in [-0.39, 0.29) is 50.2 Å². The molecule has 0 bridgehead atoms. The van der Waals surface area contributed by atoms with Crippen LogP contribution in [0.2, 0.25) is 0 Å². The van der Waals surface area contributed by atoms with E-state index in [0.717, 1.165) is 65.8 Å². The molecular formula is C48H50N6O14. The number of anilines is 2.